The summed E-state index contributed by atoms with van der Waals surface area (Å²) in [5.41, 5.74) is 2.99. The lowest BCUT2D eigenvalue weighted by atomic mass is 10.0. The van der Waals surface area contributed by atoms with Crippen molar-refractivity contribution in [1.29, 1.82) is 0 Å². The molecule has 114 valence electrons. The molecule has 4 heteroatoms. The molecule has 0 aliphatic heterocycles. The van der Waals surface area contributed by atoms with Crippen LogP contribution in [0.2, 0.25) is 0 Å². The van der Waals surface area contributed by atoms with Crippen LogP contribution in [0.25, 0.3) is 0 Å². The van der Waals surface area contributed by atoms with Crippen LogP contribution in [0.15, 0.2) is 30.5 Å². The summed E-state index contributed by atoms with van der Waals surface area (Å²) in [6.45, 7) is 7.95. The summed E-state index contributed by atoms with van der Waals surface area (Å²) in [6, 6.07) is 7.21. The Morgan fingerprint density at radius 1 is 1.24 bits per heavy atom. The highest BCUT2D eigenvalue weighted by molar-refractivity contribution is 5.31. The van der Waals surface area contributed by atoms with E-state index in [1.54, 1.807) is 12.1 Å². The molecule has 2 rings (SSSR count). The average molecular weight is 289 g/mol. The first-order chi connectivity index (χ1) is 10.2. The molecule has 0 fully saturated rings. The molecule has 0 saturated heterocycles. The summed E-state index contributed by atoms with van der Waals surface area (Å²) in [5.74, 6) is -0.185. The Hall–Kier alpha value is -1.68. The molecule has 21 heavy (non-hydrogen) atoms. The number of nitrogens with one attached hydrogen (secondary N) is 1. The summed E-state index contributed by atoms with van der Waals surface area (Å²) in [7, 11) is 0. The maximum atomic E-state index is 13.8. The molecule has 0 aliphatic rings. The monoisotopic (exact) mass is 289 g/mol. The highest BCUT2D eigenvalue weighted by Crippen LogP contribution is 2.24. The van der Waals surface area contributed by atoms with Crippen molar-refractivity contribution >= 4 is 0 Å². The van der Waals surface area contributed by atoms with Crippen LogP contribution in [-0.2, 0) is 6.54 Å². The molecule has 1 aromatic carbocycles. The Morgan fingerprint density at radius 3 is 2.71 bits per heavy atom. The number of aromatic nitrogens is 2. The highest BCUT2D eigenvalue weighted by atomic mass is 19.1. The lowest BCUT2D eigenvalue weighted by molar-refractivity contribution is 0.509. The Balaban J connectivity index is 2.39. The van der Waals surface area contributed by atoms with Crippen LogP contribution < -0.4 is 5.32 Å². The third-order valence-electron chi connectivity index (χ3n) is 3.48. The zero-order valence-electron chi connectivity index (χ0n) is 13.1. The predicted octanol–water partition coefficient (Wildman–Crippen LogP) is 3.83. The molecule has 1 atom stereocenters. The van der Waals surface area contributed by atoms with E-state index in [4.69, 9.17) is 0 Å². The summed E-state index contributed by atoms with van der Waals surface area (Å²) >= 11 is 0. The number of hydrogen-bond acceptors (Lipinski definition) is 2. The van der Waals surface area contributed by atoms with Crippen molar-refractivity contribution in [2.24, 2.45) is 0 Å². The number of nitrogens with zero attached hydrogens (tertiary/aromatic N) is 2. The van der Waals surface area contributed by atoms with Gasteiger partial charge in [-0.2, -0.15) is 5.10 Å². The maximum absolute atomic E-state index is 13.8. The van der Waals surface area contributed by atoms with Crippen LogP contribution in [0.5, 0.6) is 0 Å². The van der Waals surface area contributed by atoms with Crippen molar-refractivity contribution in [3.63, 3.8) is 0 Å². The number of aryl methyl sites for hydroxylation is 2. The van der Waals surface area contributed by atoms with E-state index in [1.807, 2.05) is 29.9 Å². The highest BCUT2D eigenvalue weighted by Gasteiger charge is 2.18. The minimum absolute atomic E-state index is 0.0200. The second kappa shape index (κ2) is 7.36. The zero-order valence-corrected chi connectivity index (χ0v) is 13.1. The lowest BCUT2D eigenvalue weighted by Gasteiger charge is -2.21. The van der Waals surface area contributed by atoms with Crippen LogP contribution in [0.1, 0.15) is 49.6 Å². The Kier molecular flexibility index (Phi) is 5.51. The van der Waals surface area contributed by atoms with Crippen molar-refractivity contribution in [2.75, 3.05) is 6.54 Å². The van der Waals surface area contributed by atoms with Crippen molar-refractivity contribution in [2.45, 2.75) is 46.2 Å². The summed E-state index contributed by atoms with van der Waals surface area (Å²) in [4.78, 5) is 0. The van der Waals surface area contributed by atoms with Gasteiger partial charge in [0.25, 0.3) is 0 Å². The second-order valence-corrected chi connectivity index (χ2v) is 5.43. The number of benzene rings is 1. The first-order valence-electron chi connectivity index (χ1n) is 7.67. The molecular weight excluding hydrogens is 265 g/mol. The van der Waals surface area contributed by atoms with Gasteiger partial charge in [-0.25, -0.2) is 4.39 Å². The second-order valence-electron chi connectivity index (χ2n) is 5.43. The zero-order chi connectivity index (χ0) is 15.2. The van der Waals surface area contributed by atoms with E-state index >= 15 is 0 Å². The standard InChI is InChI=1S/C17H24FN3/c1-4-7-19-17(14-10-13(3)11-15(18)12-14)16-6-8-20-21(16)9-5-2/h6,8,10-12,17,19H,4-5,7,9H2,1-3H3. The lowest BCUT2D eigenvalue weighted by Crippen LogP contribution is -2.26. The van der Waals surface area contributed by atoms with Crippen LogP contribution in [0, 0.1) is 12.7 Å². The number of rotatable bonds is 7. The van der Waals surface area contributed by atoms with E-state index in [-0.39, 0.29) is 11.9 Å². The maximum Gasteiger partial charge on any atom is 0.123 e. The predicted molar refractivity (Wildman–Crippen MR) is 83.8 cm³/mol. The van der Waals surface area contributed by atoms with E-state index in [0.29, 0.717) is 0 Å². The normalized spacial score (nSPS) is 12.6. The van der Waals surface area contributed by atoms with Crippen LogP contribution in [0.4, 0.5) is 4.39 Å². The third kappa shape index (κ3) is 3.91. The molecule has 0 spiro atoms. The van der Waals surface area contributed by atoms with Crippen LogP contribution in [-0.4, -0.2) is 16.3 Å². The summed E-state index contributed by atoms with van der Waals surface area (Å²) < 4.78 is 15.8. The first kappa shape index (κ1) is 15.7. The van der Waals surface area contributed by atoms with Crippen molar-refractivity contribution in [1.82, 2.24) is 15.1 Å². The molecule has 0 aliphatic carbocycles. The molecule has 1 N–H and O–H groups in total. The van der Waals surface area contributed by atoms with Gasteiger partial charge in [0.1, 0.15) is 5.82 Å². The molecule has 0 amide bonds. The number of hydrogen-bond donors (Lipinski definition) is 1. The molecule has 3 nitrogen and oxygen atoms in total. The fourth-order valence-corrected chi connectivity index (χ4v) is 2.60. The van der Waals surface area contributed by atoms with E-state index in [2.05, 4.69) is 24.3 Å². The minimum Gasteiger partial charge on any atom is -0.305 e. The molecule has 0 radical (unpaired) electrons. The topological polar surface area (TPSA) is 29.9 Å². The van der Waals surface area contributed by atoms with Gasteiger partial charge in [0, 0.05) is 12.7 Å². The third-order valence-corrected chi connectivity index (χ3v) is 3.48. The van der Waals surface area contributed by atoms with Crippen molar-refractivity contribution < 1.29 is 4.39 Å². The molecule has 2 aromatic rings. The van der Waals surface area contributed by atoms with Crippen molar-refractivity contribution in [3.8, 4) is 0 Å². The quantitative estimate of drug-likeness (QED) is 0.839. The SMILES string of the molecule is CCCNC(c1cc(C)cc(F)c1)c1ccnn1CCC. The van der Waals surface area contributed by atoms with Gasteiger partial charge >= 0.3 is 0 Å². The summed E-state index contributed by atoms with van der Waals surface area (Å²) in [5, 5.41) is 7.90. The van der Waals surface area contributed by atoms with Crippen LogP contribution >= 0.6 is 0 Å². The van der Waals surface area contributed by atoms with E-state index in [1.165, 1.54) is 0 Å². The number of halogens is 1. The van der Waals surface area contributed by atoms with E-state index in [0.717, 1.165) is 42.8 Å². The molecule has 1 aromatic heterocycles. The molecular formula is C17H24FN3. The average Bonchev–Trinajstić information content (AvgIpc) is 2.87. The van der Waals surface area contributed by atoms with Gasteiger partial charge in [-0.05, 0) is 55.6 Å². The minimum atomic E-state index is -0.185. The van der Waals surface area contributed by atoms with Crippen LogP contribution in [0.3, 0.4) is 0 Å². The fourth-order valence-electron chi connectivity index (χ4n) is 2.60. The van der Waals surface area contributed by atoms with E-state index in [9.17, 15) is 4.39 Å². The molecule has 1 heterocycles. The van der Waals surface area contributed by atoms with E-state index < -0.39 is 0 Å². The Labute approximate surface area is 126 Å². The molecule has 1 unspecified atom stereocenters. The Morgan fingerprint density at radius 2 is 2.05 bits per heavy atom. The smallest absolute Gasteiger partial charge is 0.123 e. The van der Waals surface area contributed by atoms with Gasteiger partial charge in [-0.1, -0.05) is 19.9 Å². The molecule has 0 saturated carbocycles. The van der Waals surface area contributed by atoms with Crippen molar-refractivity contribution in [3.05, 3.63) is 53.1 Å². The van der Waals surface area contributed by atoms with Gasteiger partial charge in [0.2, 0.25) is 0 Å². The Bertz CT molecular complexity index is 557. The van der Waals surface area contributed by atoms with Gasteiger partial charge in [-0.3, -0.25) is 4.68 Å². The first-order valence-corrected chi connectivity index (χ1v) is 7.67. The van der Waals surface area contributed by atoms with Gasteiger partial charge in [0.15, 0.2) is 0 Å². The van der Waals surface area contributed by atoms with Gasteiger partial charge in [-0.15, -0.1) is 0 Å². The fraction of sp³-hybridized carbons (Fsp3) is 0.471. The van der Waals surface area contributed by atoms with Gasteiger partial charge < -0.3 is 5.32 Å². The van der Waals surface area contributed by atoms with Gasteiger partial charge in [0.05, 0.1) is 11.7 Å². The largest absolute Gasteiger partial charge is 0.305 e. The summed E-state index contributed by atoms with van der Waals surface area (Å²) in [6.07, 6.45) is 3.88. The molecule has 0 bridgehead atoms.